The molecule has 0 unspecified atom stereocenters. The number of pyridine rings is 1. The van der Waals surface area contributed by atoms with Gasteiger partial charge in [-0.3, -0.25) is 0 Å². The zero-order valence-corrected chi connectivity index (χ0v) is 18.3. The lowest BCUT2D eigenvalue weighted by Crippen LogP contribution is -2.12. The van der Waals surface area contributed by atoms with Gasteiger partial charge < -0.3 is 14.0 Å². The minimum Gasteiger partial charge on any atom is -0.453 e. The molecule has 0 amide bonds. The van der Waals surface area contributed by atoms with Crippen molar-refractivity contribution in [3.63, 3.8) is 0 Å². The lowest BCUT2D eigenvalue weighted by molar-refractivity contribution is 0.111. The number of ether oxygens (including phenoxy) is 1. The smallest absolute Gasteiger partial charge is 0.266 e. The molecule has 3 aromatic heterocycles. The molecular formula is C23H17FN8O3. The number of rotatable bonds is 8. The molecule has 12 heteroatoms. The molecule has 0 bridgehead atoms. The molecular weight excluding hydrogens is 455 g/mol. The fourth-order valence-electron chi connectivity index (χ4n) is 3.04. The van der Waals surface area contributed by atoms with E-state index in [1.54, 1.807) is 31.3 Å². The molecule has 0 aliphatic rings. The van der Waals surface area contributed by atoms with Gasteiger partial charge in [-0.15, -0.1) is 15.3 Å². The molecule has 2 aromatic carbocycles. The third-order valence-electron chi connectivity index (χ3n) is 4.71. The minimum atomic E-state index is -0.466. The highest BCUT2D eigenvalue weighted by atomic mass is 19.1. The first-order valence-electron chi connectivity index (χ1n) is 10.4. The molecule has 0 fully saturated rings. The quantitative estimate of drug-likeness (QED) is 0.246. The van der Waals surface area contributed by atoms with Crippen molar-refractivity contribution in [2.75, 3.05) is 0 Å². The van der Waals surface area contributed by atoms with Crippen LogP contribution < -0.4 is 4.74 Å². The fraction of sp³-hybridized carbons (Fsp3) is 0.0870. The van der Waals surface area contributed by atoms with Crippen molar-refractivity contribution in [3.8, 4) is 23.1 Å². The van der Waals surface area contributed by atoms with Crippen LogP contribution in [0.15, 0.2) is 82.5 Å². The Morgan fingerprint density at radius 3 is 2.57 bits per heavy atom. The van der Waals surface area contributed by atoms with Crippen LogP contribution in [-0.4, -0.2) is 41.1 Å². The number of aromatic nitrogens is 7. The van der Waals surface area contributed by atoms with E-state index >= 15 is 0 Å². The summed E-state index contributed by atoms with van der Waals surface area (Å²) in [6.07, 6.45) is 1.44. The molecule has 0 spiro atoms. The van der Waals surface area contributed by atoms with Crippen LogP contribution in [0.25, 0.3) is 11.6 Å². The number of tetrazole rings is 1. The van der Waals surface area contributed by atoms with Crippen molar-refractivity contribution in [2.45, 2.75) is 6.61 Å². The Kier molecular flexibility index (Phi) is 6.15. The lowest BCUT2D eigenvalue weighted by Gasteiger charge is -2.06. The van der Waals surface area contributed by atoms with E-state index in [1.165, 1.54) is 23.0 Å². The van der Waals surface area contributed by atoms with E-state index in [9.17, 15) is 4.39 Å². The van der Waals surface area contributed by atoms with Crippen LogP contribution in [0.2, 0.25) is 0 Å². The van der Waals surface area contributed by atoms with Crippen LogP contribution in [0.3, 0.4) is 0 Å². The minimum absolute atomic E-state index is 0.0803. The van der Waals surface area contributed by atoms with Crippen LogP contribution in [0, 0.1) is 5.82 Å². The predicted octanol–water partition coefficient (Wildman–Crippen LogP) is 3.56. The van der Waals surface area contributed by atoms with Crippen LogP contribution in [0.5, 0.6) is 11.5 Å². The molecule has 11 nitrogen and oxygen atoms in total. The summed E-state index contributed by atoms with van der Waals surface area (Å²) in [6, 6.07) is 18.7. The third-order valence-corrected chi connectivity index (χ3v) is 4.71. The normalized spacial score (nSPS) is 11.4. The van der Waals surface area contributed by atoms with E-state index in [2.05, 4.69) is 35.9 Å². The second kappa shape index (κ2) is 9.87. The lowest BCUT2D eigenvalue weighted by atomic mass is 10.1. The molecule has 5 aromatic rings. The van der Waals surface area contributed by atoms with E-state index in [0.717, 1.165) is 5.56 Å². The van der Waals surface area contributed by atoms with E-state index < -0.39 is 5.82 Å². The second-order valence-electron chi connectivity index (χ2n) is 7.12. The van der Waals surface area contributed by atoms with Crippen molar-refractivity contribution in [1.82, 2.24) is 35.4 Å². The Hall–Kier alpha value is -5.00. The van der Waals surface area contributed by atoms with Gasteiger partial charge in [-0.25, -0.2) is 14.1 Å². The molecule has 0 saturated carbocycles. The van der Waals surface area contributed by atoms with Gasteiger partial charge in [0.05, 0.1) is 6.20 Å². The maximum atomic E-state index is 13.8. The van der Waals surface area contributed by atoms with Gasteiger partial charge in [0.25, 0.3) is 11.8 Å². The van der Waals surface area contributed by atoms with Gasteiger partial charge in [0.2, 0.25) is 5.82 Å². The number of hydrogen-bond donors (Lipinski definition) is 0. The van der Waals surface area contributed by atoms with E-state index in [0.29, 0.717) is 23.0 Å². The summed E-state index contributed by atoms with van der Waals surface area (Å²) < 4.78 is 26.4. The molecule has 0 saturated heterocycles. The highest BCUT2D eigenvalue weighted by Gasteiger charge is 2.16. The van der Waals surface area contributed by atoms with Crippen molar-refractivity contribution in [3.05, 3.63) is 96.0 Å². The molecule has 35 heavy (non-hydrogen) atoms. The SMILES string of the molecule is Cn1nnnc1/C(=N\OCc1nnc(-c2ccc(Oc3ccccc3F)cn2)o1)c1ccccc1. The summed E-state index contributed by atoms with van der Waals surface area (Å²) in [5, 5.41) is 23.7. The number of benzene rings is 2. The number of aryl methyl sites for hydroxylation is 1. The first kappa shape index (κ1) is 21.8. The van der Waals surface area contributed by atoms with Gasteiger partial charge in [-0.05, 0) is 34.7 Å². The highest BCUT2D eigenvalue weighted by molar-refractivity contribution is 6.10. The van der Waals surface area contributed by atoms with Gasteiger partial charge in [0.1, 0.15) is 11.4 Å². The largest absolute Gasteiger partial charge is 0.453 e. The van der Waals surface area contributed by atoms with Crippen LogP contribution in [0.4, 0.5) is 4.39 Å². The van der Waals surface area contributed by atoms with Gasteiger partial charge in [-0.1, -0.05) is 47.6 Å². The Labute approximate surface area is 197 Å². The summed E-state index contributed by atoms with van der Waals surface area (Å²) in [6.45, 7) is -0.0803. The number of halogens is 1. The fourth-order valence-corrected chi connectivity index (χ4v) is 3.04. The Bertz CT molecular complexity index is 1450. The number of para-hydroxylation sites is 1. The standard InChI is InChI=1S/C23H17FN8O3/c1-32-22(27-30-31-32)21(15-7-3-2-4-8-15)29-33-14-20-26-28-23(35-20)18-12-11-16(13-25-18)34-19-10-6-5-9-17(19)24/h2-13H,14H2,1H3/b29-21-. The van der Waals surface area contributed by atoms with Crippen LogP contribution >= 0.6 is 0 Å². The maximum Gasteiger partial charge on any atom is 0.266 e. The van der Waals surface area contributed by atoms with Crippen LogP contribution in [0.1, 0.15) is 17.3 Å². The topological polar surface area (TPSA) is 126 Å². The van der Waals surface area contributed by atoms with Crippen LogP contribution in [-0.2, 0) is 18.5 Å². The number of hydrogen-bond acceptors (Lipinski definition) is 10. The van der Waals surface area contributed by atoms with E-state index in [-0.39, 0.29) is 24.1 Å². The second-order valence-corrected chi connectivity index (χ2v) is 7.12. The Balaban J connectivity index is 1.27. The van der Waals surface area contributed by atoms with Crippen molar-refractivity contribution in [2.24, 2.45) is 12.2 Å². The zero-order chi connectivity index (χ0) is 24.0. The highest BCUT2D eigenvalue weighted by Crippen LogP contribution is 2.25. The third kappa shape index (κ3) is 5.00. The average molecular weight is 472 g/mol. The monoisotopic (exact) mass is 472 g/mol. The molecule has 0 aliphatic carbocycles. The number of nitrogens with zero attached hydrogens (tertiary/aromatic N) is 8. The molecule has 174 valence electrons. The number of oxime groups is 1. The molecule has 0 atom stereocenters. The van der Waals surface area contributed by atoms with Crippen molar-refractivity contribution in [1.29, 1.82) is 0 Å². The Morgan fingerprint density at radius 2 is 1.83 bits per heavy atom. The molecule has 3 heterocycles. The molecule has 0 N–H and O–H groups in total. The summed E-state index contributed by atoms with van der Waals surface area (Å²) >= 11 is 0. The van der Waals surface area contributed by atoms with E-state index in [1.807, 2.05) is 30.3 Å². The summed E-state index contributed by atoms with van der Waals surface area (Å²) in [4.78, 5) is 9.71. The van der Waals surface area contributed by atoms with Crippen molar-refractivity contribution < 1.29 is 18.4 Å². The van der Waals surface area contributed by atoms with Gasteiger partial charge in [0.15, 0.2) is 23.9 Å². The molecule has 5 rings (SSSR count). The molecule has 0 aliphatic heterocycles. The predicted molar refractivity (Wildman–Crippen MR) is 120 cm³/mol. The van der Waals surface area contributed by atoms with Crippen molar-refractivity contribution >= 4 is 5.71 Å². The Morgan fingerprint density at radius 1 is 1.00 bits per heavy atom. The molecule has 0 radical (unpaired) electrons. The average Bonchev–Trinajstić information content (AvgIpc) is 3.53. The zero-order valence-electron chi connectivity index (χ0n) is 18.3. The van der Waals surface area contributed by atoms with Gasteiger partial charge in [-0.2, -0.15) is 0 Å². The summed E-state index contributed by atoms with van der Waals surface area (Å²) in [5.41, 5.74) is 1.65. The summed E-state index contributed by atoms with van der Waals surface area (Å²) in [5.74, 6) is 0.817. The van der Waals surface area contributed by atoms with Gasteiger partial charge >= 0.3 is 0 Å². The first-order valence-corrected chi connectivity index (χ1v) is 10.4. The van der Waals surface area contributed by atoms with Gasteiger partial charge in [0, 0.05) is 12.6 Å². The summed E-state index contributed by atoms with van der Waals surface area (Å²) in [7, 11) is 1.71. The first-order chi connectivity index (χ1) is 17.2. The van der Waals surface area contributed by atoms with E-state index in [4.69, 9.17) is 14.0 Å². The maximum absolute atomic E-state index is 13.8.